The van der Waals surface area contributed by atoms with Gasteiger partial charge in [-0.1, -0.05) is 76.2 Å². The number of alkyl carbamates (subject to hydrolysis) is 2. The van der Waals surface area contributed by atoms with Gasteiger partial charge in [-0.15, -0.1) is 0 Å². The van der Waals surface area contributed by atoms with Crippen LogP contribution >= 0.6 is 0 Å². The van der Waals surface area contributed by atoms with Crippen LogP contribution in [0.15, 0.2) is 60.9 Å². The Bertz CT molecular complexity index is 2210. The number of ether oxygens (including phenoxy) is 2. The molecule has 3 aliphatic rings. The Labute approximate surface area is 349 Å². The lowest BCUT2D eigenvalue weighted by Crippen LogP contribution is -2.59. The number of methoxy groups -OCH3 is 2. The van der Waals surface area contributed by atoms with Crippen LogP contribution in [0, 0.1) is 17.3 Å². The number of nitrogens with zero attached hydrogens (tertiary/aromatic N) is 5. The second kappa shape index (κ2) is 17.2. The van der Waals surface area contributed by atoms with Crippen LogP contribution in [0.25, 0.3) is 33.6 Å². The molecule has 1 spiro atoms. The molecular weight excluding hydrogens is 767 g/mol. The van der Waals surface area contributed by atoms with Gasteiger partial charge in [0.15, 0.2) is 0 Å². The van der Waals surface area contributed by atoms with Gasteiger partial charge in [-0.3, -0.25) is 14.4 Å². The molecule has 4 atom stereocenters. The normalized spacial score (nSPS) is 19.3. The van der Waals surface area contributed by atoms with Crippen molar-refractivity contribution in [2.75, 3.05) is 40.4 Å². The number of rotatable bonds is 11. The first kappa shape index (κ1) is 42.0. The maximum atomic E-state index is 14.1. The van der Waals surface area contributed by atoms with E-state index in [0.717, 1.165) is 46.5 Å². The lowest BCUT2D eigenvalue weighted by molar-refractivity contribution is -0.141. The maximum Gasteiger partial charge on any atom is 0.407 e. The van der Waals surface area contributed by atoms with Gasteiger partial charge >= 0.3 is 12.2 Å². The highest BCUT2D eigenvalue weighted by atomic mass is 16.5. The van der Waals surface area contributed by atoms with Crippen LogP contribution in [0.4, 0.5) is 9.59 Å². The summed E-state index contributed by atoms with van der Waals surface area (Å²) in [6, 6.07) is 14.3. The third kappa shape index (κ3) is 8.45. The zero-order chi connectivity index (χ0) is 42.9. The highest BCUT2D eigenvalue weighted by Gasteiger charge is 2.55. The Kier molecular flexibility index (Phi) is 12.0. The third-order valence-corrected chi connectivity index (χ3v) is 12.2. The van der Waals surface area contributed by atoms with Gasteiger partial charge in [0.2, 0.25) is 17.7 Å². The van der Waals surface area contributed by atoms with Gasteiger partial charge in [0.05, 0.1) is 50.1 Å². The minimum atomic E-state index is -0.783. The summed E-state index contributed by atoms with van der Waals surface area (Å²) in [5, 5.41) is 5.41. The molecule has 0 saturated carbocycles. The molecule has 3 aliphatic heterocycles. The van der Waals surface area contributed by atoms with E-state index in [4.69, 9.17) is 14.5 Å². The number of hydrogen-bond acceptors (Lipinski definition) is 9. The van der Waals surface area contributed by atoms with Gasteiger partial charge in [0.25, 0.3) is 0 Å². The van der Waals surface area contributed by atoms with Crippen molar-refractivity contribution >= 4 is 29.9 Å². The molecule has 5 heterocycles. The quantitative estimate of drug-likeness (QED) is 0.147. The molecule has 1 unspecified atom stereocenters. The van der Waals surface area contributed by atoms with E-state index in [9.17, 15) is 24.0 Å². The Balaban J connectivity index is 1.04. The smallest absolute Gasteiger partial charge is 0.407 e. The number of H-pyrrole nitrogens is 2. The summed E-state index contributed by atoms with van der Waals surface area (Å²) in [7, 11) is 2.56. The number of imidazole rings is 2. The number of carbonyl (C=O) groups is 5. The molecule has 3 saturated heterocycles. The summed E-state index contributed by atoms with van der Waals surface area (Å²) in [4.78, 5) is 85.7. The largest absolute Gasteiger partial charge is 0.453 e. The van der Waals surface area contributed by atoms with Crippen LogP contribution in [0.5, 0.6) is 0 Å². The number of hydrogen-bond donors (Lipinski definition) is 4. The Hall–Kier alpha value is -6.19. The predicted octanol–water partition coefficient (Wildman–Crippen LogP) is 5.68. The van der Waals surface area contributed by atoms with E-state index >= 15 is 0 Å². The van der Waals surface area contributed by atoms with Crippen LogP contribution in [-0.2, 0) is 23.9 Å². The highest BCUT2D eigenvalue weighted by molar-refractivity contribution is 5.87. The molecule has 4 N–H and O–H groups in total. The van der Waals surface area contributed by atoms with Gasteiger partial charge in [-0.2, -0.15) is 0 Å². The first-order valence-electron chi connectivity index (χ1n) is 20.6. The van der Waals surface area contributed by atoms with Crippen molar-refractivity contribution in [3.05, 3.63) is 72.6 Å². The molecule has 7 rings (SSSR count). The average Bonchev–Trinajstić information content (AvgIpc) is 4.06. The van der Waals surface area contributed by atoms with Gasteiger partial charge in [0.1, 0.15) is 23.7 Å². The molecule has 2 aromatic heterocycles. The fraction of sp³-hybridized carbons (Fsp3) is 0.477. The van der Waals surface area contributed by atoms with E-state index < -0.39 is 24.3 Å². The zero-order valence-electron chi connectivity index (χ0n) is 35.3. The Morgan fingerprint density at radius 2 is 1.13 bits per heavy atom. The van der Waals surface area contributed by atoms with Crippen molar-refractivity contribution in [3.63, 3.8) is 0 Å². The van der Waals surface area contributed by atoms with Gasteiger partial charge in [0, 0.05) is 38.5 Å². The topological polar surface area (TPSA) is 195 Å². The summed E-state index contributed by atoms with van der Waals surface area (Å²) < 4.78 is 9.58. The number of amides is 5. The molecule has 0 bridgehead atoms. The van der Waals surface area contributed by atoms with Crippen LogP contribution < -0.4 is 10.6 Å². The first-order valence-corrected chi connectivity index (χ1v) is 20.6. The second-order valence-corrected chi connectivity index (χ2v) is 17.0. The molecule has 318 valence electrons. The predicted molar refractivity (Wildman–Crippen MR) is 223 cm³/mol. The summed E-state index contributed by atoms with van der Waals surface area (Å²) in [5.41, 5.74) is 5.36. The van der Waals surface area contributed by atoms with Crippen LogP contribution in [0.3, 0.4) is 0 Å². The third-order valence-electron chi connectivity index (χ3n) is 12.2. The summed E-state index contributed by atoms with van der Waals surface area (Å²) in [6.07, 6.45) is 4.52. The number of aromatic amines is 2. The van der Waals surface area contributed by atoms with E-state index in [1.807, 2.05) is 52.0 Å². The van der Waals surface area contributed by atoms with Crippen molar-refractivity contribution in [1.29, 1.82) is 0 Å². The molecule has 2 aromatic carbocycles. The van der Waals surface area contributed by atoms with Crippen molar-refractivity contribution in [3.8, 4) is 33.6 Å². The first-order chi connectivity index (χ1) is 28.7. The second-order valence-electron chi connectivity index (χ2n) is 17.0. The van der Waals surface area contributed by atoms with E-state index in [-0.39, 0.29) is 47.1 Å². The van der Waals surface area contributed by atoms with Crippen molar-refractivity contribution in [1.82, 2.24) is 45.3 Å². The molecular formula is C44H55N9O7. The monoisotopic (exact) mass is 821 g/mol. The van der Waals surface area contributed by atoms with Crippen LogP contribution in [-0.4, -0.2) is 117 Å². The fourth-order valence-corrected chi connectivity index (χ4v) is 8.81. The molecule has 5 amide bonds. The van der Waals surface area contributed by atoms with E-state index in [1.165, 1.54) is 14.2 Å². The molecule has 0 aliphatic carbocycles. The van der Waals surface area contributed by atoms with Gasteiger partial charge in [-0.05, 0) is 53.4 Å². The van der Waals surface area contributed by atoms with E-state index in [0.29, 0.717) is 44.2 Å². The number of aromatic nitrogens is 4. The molecule has 0 radical (unpaired) electrons. The number of benzene rings is 2. The minimum Gasteiger partial charge on any atom is -0.453 e. The van der Waals surface area contributed by atoms with E-state index in [2.05, 4.69) is 49.9 Å². The maximum absolute atomic E-state index is 14.1. The van der Waals surface area contributed by atoms with E-state index in [1.54, 1.807) is 34.0 Å². The van der Waals surface area contributed by atoms with Crippen molar-refractivity contribution in [2.45, 2.75) is 78.0 Å². The molecule has 16 nitrogen and oxygen atoms in total. The standard InChI is InChI=1S/C44H55N9O7/c1-25(2)36(49-42(57)59-6)40(55)52-18-8-9-34(52)38-45-20-32(47-38)30-14-10-28(11-15-30)29-12-16-31(17-13-29)33-21-46-39(48-33)35-19-44(22-51(23-44)27(5)54)24-53(35)41(56)37(26(3)4)50-43(58)60-7/h10-17,20-21,25-26,34-37H,8-9,18-19,22-24H2,1-7H3,(H,45,47)(H,46,48)(H,49,57)(H,50,58)/t34-,35?,36-,37-/m0/s1. The Morgan fingerprint density at radius 3 is 1.58 bits per heavy atom. The lowest BCUT2D eigenvalue weighted by Gasteiger charge is -2.47. The lowest BCUT2D eigenvalue weighted by atomic mass is 9.77. The van der Waals surface area contributed by atoms with Gasteiger partial charge < -0.3 is 44.8 Å². The average molecular weight is 822 g/mol. The summed E-state index contributed by atoms with van der Waals surface area (Å²) in [5.74, 6) is 0.718. The Morgan fingerprint density at radius 1 is 0.683 bits per heavy atom. The summed E-state index contributed by atoms with van der Waals surface area (Å²) >= 11 is 0. The molecule has 60 heavy (non-hydrogen) atoms. The summed E-state index contributed by atoms with van der Waals surface area (Å²) in [6.45, 7) is 11.3. The minimum absolute atomic E-state index is 0.0106. The van der Waals surface area contributed by atoms with Crippen molar-refractivity contribution in [2.24, 2.45) is 17.3 Å². The van der Waals surface area contributed by atoms with Gasteiger partial charge in [-0.25, -0.2) is 19.6 Å². The SMILES string of the molecule is COC(=O)N[C@H](C(=O)N1CC2(CC1c1ncc(-c3ccc(-c4ccc(-c5cnc([C@@H]6CCCN6C(=O)[C@@H](NC(=O)OC)C(C)C)[nH]5)cc4)cc3)[nH]1)CN(C(C)=O)C2)C(C)C. The van der Waals surface area contributed by atoms with Crippen LogP contribution in [0.1, 0.15) is 77.6 Å². The molecule has 4 aromatic rings. The zero-order valence-corrected chi connectivity index (χ0v) is 35.3. The molecule has 16 heteroatoms. The fourth-order valence-electron chi connectivity index (χ4n) is 8.81. The number of nitrogens with one attached hydrogen (secondary N) is 4. The number of carbonyl (C=O) groups excluding carboxylic acids is 5. The molecule has 3 fully saturated rings. The number of likely N-dealkylation sites (tertiary alicyclic amines) is 3. The van der Waals surface area contributed by atoms with Crippen molar-refractivity contribution < 1.29 is 33.4 Å². The van der Waals surface area contributed by atoms with Crippen LogP contribution in [0.2, 0.25) is 0 Å². The highest BCUT2D eigenvalue weighted by Crippen LogP contribution is 2.48.